The van der Waals surface area contributed by atoms with Crippen LogP contribution >= 0.6 is 11.6 Å². The molecule has 3 rings (SSSR count). The molecule has 150 valence electrons. The van der Waals surface area contributed by atoms with Crippen LogP contribution in [0.1, 0.15) is 12.0 Å². The second-order valence-corrected chi connectivity index (χ2v) is 7.42. The Bertz CT molecular complexity index is 734. The van der Waals surface area contributed by atoms with Crippen molar-refractivity contribution in [2.75, 3.05) is 50.8 Å². The Labute approximate surface area is 172 Å². The van der Waals surface area contributed by atoms with Gasteiger partial charge in [0.1, 0.15) is 0 Å². The maximum Gasteiger partial charge on any atom is 0.234 e. The lowest BCUT2D eigenvalue weighted by molar-refractivity contribution is -0.122. The summed E-state index contributed by atoms with van der Waals surface area (Å²) in [6, 6.07) is 18.0. The number of halogens is 1. The highest BCUT2D eigenvalue weighted by molar-refractivity contribution is 6.30. The first-order valence-corrected chi connectivity index (χ1v) is 10.2. The van der Waals surface area contributed by atoms with Gasteiger partial charge in [-0.05, 0) is 30.2 Å². The molecule has 0 spiro atoms. The summed E-state index contributed by atoms with van der Waals surface area (Å²) in [5.41, 5.74) is 2.32. The van der Waals surface area contributed by atoms with Gasteiger partial charge in [-0.15, -0.1) is 0 Å². The van der Waals surface area contributed by atoms with E-state index in [9.17, 15) is 4.79 Å². The molecule has 0 unspecified atom stereocenters. The molecule has 1 saturated heterocycles. The van der Waals surface area contributed by atoms with E-state index in [0.29, 0.717) is 26.3 Å². The fourth-order valence-corrected chi connectivity index (χ4v) is 3.45. The zero-order valence-electron chi connectivity index (χ0n) is 16.1. The van der Waals surface area contributed by atoms with Crippen molar-refractivity contribution in [1.29, 1.82) is 0 Å². The van der Waals surface area contributed by atoms with Crippen LogP contribution in [0.15, 0.2) is 54.6 Å². The van der Waals surface area contributed by atoms with Gasteiger partial charge in [-0.2, -0.15) is 0 Å². The van der Waals surface area contributed by atoms with Crippen molar-refractivity contribution < 1.29 is 9.53 Å². The Morgan fingerprint density at radius 2 is 1.82 bits per heavy atom. The minimum Gasteiger partial charge on any atom is -0.377 e. The van der Waals surface area contributed by atoms with E-state index in [2.05, 4.69) is 21.2 Å². The molecule has 2 aromatic carbocycles. The smallest absolute Gasteiger partial charge is 0.234 e. The van der Waals surface area contributed by atoms with Gasteiger partial charge in [-0.25, -0.2) is 0 Å². The van der Waals surface area contributed by atoms with E-state index in [-0.39, 0.29) is 5.91 Å². The van der Waals surface area contributed by atoms with Crippen LogP contribution in [0.5, 0.6) is 0 Å². The normalized spacial score (nSPS) is 14.8. The quantitative estimate of drug-likeness (QED) is 0.655. The number of nitrogens with one attached hydrogen (secondary N) is 1. The average molecular weight is 402 g/mol. The Kier molecular flexibility index (Phi) is 8.15. The van der Waals surface area contributed by atoms with Crippen LogP contribution < -0.4 is 10.2 Å². The molecule has 1 heterocycles. The van der Waals surface area contributed by atoms with Crippen LogP contribution in [0.4, 0.5) is 5.69 Å². The number of benzene rings is 2. The lowest BCUT2D eigenvalue weighted by Crippen LogP contribution is -2.49. The first-order valence-electron chi connectivity index (χ1n) is 9.82. The fraction of sp³-hybridized carbons (Fsp3) is 0.409. The molecule has 1 aliphatic rings. The number of hydrogen-bond acceptors (Lipinski definition) is 4. The third-order valence-electron chi connectivity index (χ3n) is 4.81. The molecule has 0 radical (unpaired) electrons. The fourth-order valence-electron chi connectivity index (χ4n) is 3.26. The van der Waals surface area contributed by atoms with Gasteiger partial charge < -0.3 is 15.0 Å². The van der Waals surface area contributed by atoms with Gasteiger partial charge in [0.25, 0.3) is 0 Å². The van der Waals surface area contributed by atoms with Crippen LogP contribution in [0.2, 0.25) is 5.02 Å². The molecule has 0 atom stereocenters. The Balaban J connectivity index is 1.25. The molecule has 0 bridgehead atoms. The summed E-state index contributed by atoms with van der Waals surface area (Å²) in [6.07, 6.45) is 0.821. The predicted octanol–water partition coefficient (Wildman–Crippen LogP) is 3.19. The number of anilines is 1. The van der Waals surface area contributed by atoms with E-state index in [4.69, 9.17) is 16.3 Å². The van der Waals surface area contributed by atoms with Crippen LogP contribution in [0.3, 0.4) is 0 Å². The number of hydrogen-bond donors (Lipinski definition) is 1. The lowest BCUT2D eigenvalue weighted by atomic mass is 10.2. The third kappa shape index (κ3) is 6.82. The van der Waals surface area contributed by atoms with Crippen LogP contribution in [0, 0.1) is 0 Å². The zero-order chi connectivity index (χ0) is 19.6. The minimum absolute atomic E-state index is 0.0827. The SMILES string of the molecule is O=C(CN1CCN(c2cccc(Cl)c2)CC1)NCCCOCc1ccccc1. The van der Waals surface area contributed by atoms with E-state index in [0.717, 1.165) is 43.3 Å². The van der Waals surface area contributed by atoms with Crippen LogP contribution in [-0.2, 0) is 16.1 Å². The van der Waals surface area contributed by atoms with Gasteiger partial charge in [-0.1, -0.05) is 48.0 Å². The van der Waals surface area contributed by atoms with Crippen molar-refractivity contribution in [3.8, 4) is 0 Å². The van der Waals surface area contributed by atoms with Gasteiger partial charge in [0, 0.05) is 50.0 Å². The summed E-state index contributed by atoms with van der Waals surface area (Å²) in [4.78, 5) is 16.6. The van der Waals surface area contributed by atoms with Gasteiger partial charge in [-0.3, -0.25) is 9.69 Å². The van der Waals surface area contributed by atoms with Crippen molar-refractivity contribution in [2.45, 2.75) is 13.0 Å². The van der Waals surface area contributed by atoms with E-state index in [1.165, 1.54) is 5.56 Å². The van der Waals surface area contributed by atoms with Gasteiger partial charge in [0.2, 0.25) is 5.91 Å². The monoisotopic (exact) mass is 401 g/mol. The number of carbonyl (C=O) groups excluding carboxylic acids is 1. The summed E-state index contributed by atoms with van der Waals surface area (Å²) in [6.45, 7) is 5.92. The molecule has 28 heavy (non-hydrogen) atoms. The zero-order valence-corrected chi connectivity index (χ0v) is 16.9. The molecule has 0 aromatic heterocycles. The number of carbonyl (C=O) groups is 1. The molecule has 6 heteroatoms. The molecule has 1 N–H and O–H groups in total. The van der Waals surface area contributed by atoms with Gasteiger partial charge in [0.15, 0.2) is 0 Å². The second-order valence-electron chi connectivity index (χ2n) is 6.98. The van der Waals surface area contributed by atoms with Crippen LogP contribution in [-0.4, -0.2) is 56.7 Å². The topological polar surface area (TPSA) is 44.8 Å². The average Bonchev–Trinajstić information content (AvgIpc) is 2.72. The van der Waals surface area contributed by atoms with E-state index < -0.39 is 0 Å². The number of amides is 1. The van der Waals surface area contributed by atoms with Crippen molar-refractivity contribution in [1.82, 2.24) is 10.2 Å². The molecule has 5 nitrogen and oxygen atoms in total. The second kappa shape index (κ2) is 11.1. The molecular weight excluding hydrogens is 374 g/mol. The van der Waals surface area contributed by atoms with Crippen molar-refractivity contribution >= 4 is 23.2 Å². The number of nitrogens with zero attached hydrogens (tertiary/aromatic N) is 2. The molecule has 2 aromatic rings. The highest BCUT2D eigenvalue weighted by Gasteiger charge is 2.19. The summed E-state index contributed by atoms with van der Waals surface area (Å²) >= 11 is 6.07. The molecule has 0 saturated carbocycles. The van der Waals surface area contributed by atoms with Crippen LogP contribution in [0.25, 0.3) is 0 Å². The van der Waals surface area contributed by atoms with Crippen molar-refractivity contribution in [2.24, 2.45) is 0 Å². The summed E-state index contributed by atoms with van der Waals surface area (Å²) in [7, 11) is 0. The Morgan fingerprint density at radius 1 is 1.04 bits per heavy atom. The van der Waals surface area contributed by atoms with E-state index in [1.807, 2.05) is 48.5 Å². The maximum atomic E-state index is 12.1. The van der Waals surface area contributed by atoms with Crippen molar-refractivity contribution in [3.05, 3.63) is 65.2 Å². The van der Waals surface area contributed by atoms with E-state index in [1.54, 1.807) is 0 Å². The molecule has 0 aliphatic carbocycles. The standard InChI is InChI=1S/C22H28ClN3O2/c23-20-8-4-9-21(16-20)26-13-11-25(12-14-26)17-22(27)24-10-5-15-28-18-19-6-2-1-3-7-19/h1-4,6-9,16H,5,10-15,17-18H2,(H,24,27). The molecule has 1 fully saturated rings. The lowest BCUT2D eigenvalue weighted by Gasteiger charge is -2.35. The van der Waals surface area contributed by atoms with E-state index >= 15 is 0 Å². The third-order valence-corrected chi connectivity index (χ3v) is 5.05. The summed E-state index contributed by atoms with van der Waals surface area (Å²) < 4.78 is 5.64. The number of rotatable bonds is 9. The van der Waals surface area contributed by atoms with Gasteiger partial charge in [0.05, 0.1) is 13.2 Å². The first kappa shape index (κ1) is 20.6. The highest BCUT2D eigenvalue weighted by Crippen LogP contribution is 2.20. The Morgan fingerprint density at radius 3 is 2.57 bits per heavy atom. The largest absolute Gasteiger partial charge is 0.377 e. The predicted molar refractivity (Wildman–Crippen MR) is 114 cm³/mol. The minimum atomic E-state index is 0.0827. The number of piperazine rings is 1. The van der Waals surface area contributed by atoms with Gasteiger partial charge >= 0.3 is 0 Å². The van der Waals surface area contributed by atoms with Crippen molar-refractivity contribution in [3.63, 3.8) is 0 Å². The summed E-state index contributed by atoms with van der Waals surface area (Å²) in [5.74, 6) is 0.0827. The first-order chi connectivity index (χ1) is 13.7. The molecular formula is C22H28ClN3O2. The molecule has 1 amide bonds. The Hall–Kier alpha value is -2.08. The molecule has 1 aliphatic heterocycles. The maximum absolute atomic E-state index is 12.1. The highest BCUT2D eigenvalue weighted by atomic mass is 35.5. The number of ether oxygens (including phenoxy) is 1. The summed E-state index contributed by atoms with van der Waals surface area (Å²) in [5, 5.41) is 3.74.